The van der Waals surface area contributed by atoms with E-state index in [0.717, 1.165) is 59.5 Å². The van der Waals surface area contributed by atoms with Crippen LogP contribution in [0.1, 0.15) is 42.2 Å². The van der Waals surface area contributed by atoms with Gasteiger partial charge in [0.1, 0.15) is 35.0 Å². The molecular formula is C29H27N7O2. The first-order valence-electron chi connectivity index (χ1n) is 12.7. The van der Waals surface area contributed by atoms with Crippen LogP contribution in [0, 0.1) is 0 Å². The number of carbonyl (C=O) groups excluding carboxylic acids is 1. The van der Waals surface area contributed by atoms with Crippen LogP contribution in [0.3, 0.4) is 0 Å². The minimum Gasteiger partial charge on any atom is -0.457 e. The van der Waals surface area contributed by atoms with E-state index in [2.05, 4.69) is 20.3 Å². The van der Waals surface area contributed by atoms with E-state index in [0.29, 0.717) is 11.5 Å². The van der Waals surface area contributed by atoms with Crippen LogP contribution >= 0.6 is 0 Å². The Morgan fingerprint density at radius 2 is 1.61 bits per heavy atom. The molecule has 9 heteroatoms. The molecule has 5 aromatic rings. The van der Waals surface area contributed by atoms with E-state index in [1.807, 2.05) is 65.3 Å². The van der Waals surface area contributed by atoms with E-state index in [4.69, 9.17) is 15.6 Å². The fraction of sp³-hybridized carbons (Fsp3) is 0.207. The molecule has 3 heterocycles. The predicted octanol–water partition coefficient (Wildman–Crippen LogP) is 5.18. The highest BCUT2D eigenvalue weighted by Gasteiger charge is 2.28. The van der Waals surface area contributed by atoms with Gasteiger partial charge in [-0.05, 0) is 74.2 Å². The third-order valence-corrected chi connectivity index (χ3v) is 6.90. The summed E-state index contributed by atoms with van der Waals surface area (Å²) in [4.78, 5) is 25.5. The first-order valence-corrected chi connectivity index (χ1v) is 12.7. The number of para-hydroxylation sites is 1. The van der Waals surface area contributed by atoms with Gasteiger partial charge < -0.3 is 15.8 Å². The third kappa shape index (κ3) is 4.78. The summed E-state index contributed by atoms with van der Waals surface area (Å²) in [6.07, 6.45) is 6.51. The van der Waals surface area contributed by atoms with E-state index in [1.54, 1.807) is 18.3 Å². The number of nitrogens with zero attached hydrogens (tertiary/aromatic N) is 5. The van der Waals surface area contributed by atoms with Gasteiger partial charge in [0, 0.05) is 17.8 Å². The monoisotopic (exact) mass is 505 g/mol. The van der Waals surface area contributed by atoms with Crippen molar-refractivity contribution in [1.29, 1.82) is 0 Å². The van der Waals surface area contributed by atoms with E-state index < -0.39 is 0 Å². The molecule has 0 atom stereocenters. The van der Waals surface area contributed by atoms with Gasteiger partial charge in [0.05, 0.1) is 11.4 Å². The standard InChI is InChI=1S/C29H27N7O2/c30-27-25-26(19-9-15-23(16-10-19)38-22-6-2-1-3-7-22)35-36(28(25)33-18-32-27)21-13-11-20(12-14-21)34-29(37)24-8-4-5-17-31-24/h1-10,15-18,20-21H,11-14H2,(H,34,37)(H2,30,32,33)/t20-,21-. The Labute approximate surface area is 219 Å². The number of hydrogen-bond acceptors (Lipinski definition) is 7. The van der Waals surface area contributed by atoms with Crippen LogP contribution in [0.15, 0.2) is 85.3 Å². The number of amides is 1. The van der Waals surface area contributed by atoms with Crippen molar-refractivity contribution in [2.45, 2.75) is 37.8 Å². The zero-order chi connectivity index (χ0) is 25.9. The molecule has 0 aliphatic heterocycles. The van der Waals surface area contributed by atoms with E-state index >= 15 is 0 Å². The van der Waals surface area contributed by atoms with Crippen molar-refractivity contribution in [3.8, 4) is 22.8 Å². The van der Waals surface area contributed by atoms with Gasteiger partial charge in [-0.1, -0.05) is 24.3 Å². The van der Waals surface area contributed by atoms with E-state index in [9.17, 15) is 4.79 Å². The lowest BCUT2D eigenvalue weighted by atomic mass is 9.91. The molecule has 1 aliphatic rings. The van der Waals surface area contributed by atoms with Gasteiger partial charge in [0.25, 0.3) is 5.91 Å². The maximum atomic E-state index is 12.5. The first-order chi connectivity index (χ1) is 18.7. The normalized spacial score (nSPS) is 17.3. The molecule has 0 bridgehead atoms. The molecule has 2 aromatic carbocycles. The van der Waals surface area contributed by atoms with Crippen molar-refractivity contribution in [2.75, 3.05) is 5.73 Å². The minimum atomic E-state index is -0.138. The van der Waals surface area contributed by atoms with Crippen LogP contribution < -0.4 is 15.8 Å². The van der Waals surface area contributed by atoms with Gasteiger partial charge in [0.2, 0.25) is 0 Å². The smallest absolute Gasteiger partial charge is 0.270 e. The number of pyridine rings is 1. The fourth-order valence-corrected chi connectivity index (χ4v) is 4.98. The van der Waals surface area contributed by atoms with Gasteiger partial charge in [-0.25, -0.2) is 14.6 Å². The Morgan fingerprint density at radius 1 is 0.868 bits per heavy atom. The Bertz CT molecular complexity index is 1550. The number of nitrogens with one attached hydrogen (secondary N) is 1. The molecule has 3 N–H and O–H groups in total. The number of fused-ring (bicyclic) bond motifs is 1. The highest BCUT2D eigenvalue weighted by Crippen LogP contribution is 2.36. The molecule has 1 saturated carbocycles. The molecule has 0 radical (unpaired) electrons. The van der Waals surface area contributed by atoms with Crippen molar-refractivity contribution in [1.82, 2.24) is 30.0 Å². The molecule has 38 heavy (non-hydrogen) atoms. The second-order valence-corrected chi connectivity index (χ2v) is 9.38. The van der Waals surface area contributed by atoms with Gasteiger partial charge in [-0.2, -0.15) is 5.10 Å². The second kappa shape index (κ2) is 10.3. The van der Waals surface area contributed by atoms with Gasteiger partial charge in [-0.3, -0.25) is 9.78 Å². The van der Waals surface area contributed by atoms with Crippen LogP contribution in [-0.2, 0) is 0 Å². The largest absolute Gasteiger partial charge is 0.457 e. The highest BCUT2D eigenvalue weighted by molar-refractivity contribution is 5.98. The number of anilines is 1. The lowest BCUT2D eigenvalue weighted by molar-refractivity contribution is 0.0917. The number of benzene rings is 2. The maximum Gasteiger partial charge on any atom is 0.270 e. The number of carbonyl (C=O) groups is 1. The van der Waals surface area contributed by atoms with Crippen molar-refractivity contribution < 1.29 is 9.53 Å². The number of aromatic nitrogens is 5. The summed E-state index contributed by atoms with van der Waals surface area (Å²) >= 11 is 0. The quantitative estimate of drug-likeness (QED) is 0.326. The number of hydrogen-bond donors (Lipinski definition) is 2. The van der Waals surface area contributed by atoms with E-state index in [1.165, 1.54) is 6.33 Å². The lowest BCUT2D eigenvalue weighted by Crippen LogP contribution is -2.38. The highest BCUT2D eigenvalue weighted by atomic mass is 16.5. The number of rotatable bonds is 6. The van der Waals surface area contributed by atoms with Crippen molar-refractivity contribution in [3.05, 3.63) is 91.0 Å². The number of ether oxygens (including phenoxy) is 1. The van der Waals surface area contributed by atoms with E-state index in [-0.39, 0.29) is 18.0 Å². The minimum absolute atomic E-state index is 0.0962. The Balaban J connectivity index is 1.21. The van der Waals surface area contributed by atoms with Crippen LogP contribution in [0.25, 0.3) is 22.3 Å². The van der Waals surface area contributed by atoms with Gasteiger partial charge in [0.15, 0.2) is 5.65 Å². The maximum absolute atomic E-state index is 12.5. The van der Waals surface area contributed by atoms with Gasteiger partial charge >= 0.3 is 0 Å². The van der Waals surface area contributed by atoms with Gasteiger partial charge in [-0.15, -0.1) is 0 Å². The summed E-state index contributed by atoms with van der Waals surface area (Å²) < 4.78 is 7.92. The molecule has 1 fully saturated rings. The zero-order valence-electron chi connectivity index (χ0n) is 20.7. The Kier molecular flexibility index (Phi) is 6.39. The Morgan fingerprint density at radius 3 is 2.34 bits per heavy atom. The van der Waals surface area contributed by atoms with Crippen LogP contribution in [-0.4, -0.2) is 36.7 Å². The topological polar surface area (TPSA) is 121 Å². The predicted molar refractivity (Wildman–Crippen MR) is 145 cm³/mol. The number of nitrogen functional groups attached to an aromatic ring is 1. The summed E-state index contributed by atoms with van der Waals surface area (Å²) in [5, 5.41) is 8.85. The second-order valence-electron chi connectivity index (χ2n) is 9.38. The van der Waals surface area contributed by atoms with Crippen LogP contribution in [0.5, 0.6) is 11.5 Å². The summed E-state index contributed by atoms with van der Waals surface area (Å²) in [5.74, 6) is 1.77. The number of nitrogens with two attached hydrogens (primary N) is 1. The average molecular weight is 506 g/mol. The van der Waals surface area contributed by atoms with Crippen LogP contribution in [0.4, 0.5) is 5.82 Å². The third-order valence-electron chi connectivity index (χ3n) is 6.90. The molecule has 0 saturated heterocycles. The summed E-state index contributed by atoms with van der Waals surface area (Å²) in [6, 6.07) is 23.0. The molecule has 190 valence electrons. The molecule has 1 aliphatic carbocycles. The van der Waals surface area contributed by atoms with Crippen molar-refractivity contribution in [2.24, 2.45) is 0 Å². The van der Waals surface area contributed by atoms with Crippen molar-refractivity contribution in [3.63, 3.8) is 0 Å². The average Bonchev–Trinajstić information content (AvgIpc) is 3.36. The molecule has 3 aromatic heterocycles. The SMILES string of the molecule is Nc1ncnc2c1c(-c1ccc(Oc3ccccc3)cc1)nn2[C@H]1CC[C@H](NC(=O)c2ccccn2)CC1. The first kappa shape index (κ1) is 23.6. The zero-order valence-corrected chi connectivity index (χ0v) is 20.7. The summed E-state index contributed by atoms with van der Waals surface area (Å²) in [6.45, 7) is 0. The summed E-state index contributed by atoms with van der Waals surface area (Å²) in [5.41, 5.74) is 9.13. The van der Waals surface area contributed by atoms with Crippen molar-refractivity contribution >= 4 is 22.8 Å². The molecule has 0 unspecified atom stereocenters. The fourth-order valence-electron chi connectivity index (χ4n) is 4.98. The van der Waals surface area contributed by atoms with Crippen LogP contribution in [0.2, 0.25) is 0 Å². The molecule has 1 amide bonds. The summed E-state index contributed by atoms with van der Waals surface area (Å²) in [7, 11) is 0. The molecule has 9 nitrogen and oxygen atoms in total. The molecule has 0 spiro atoms. The lowest BCUT2D eigenvalue weighted by Gasteiger charge is -2.29. The molecular weight excluding hydrogens is 478 g/mol. The molecule has 6 rings (SSSR count). The Hall–Kier alpha value is -4.79.